The Kier molecular flexibility index (Phi) is 6.32. The molecule has 3 heteroatoms. The van der Waals surface area contributed by atoms with Crippen molar-refractivity contribution in [1.29, 1.82) is 0 Å². The third-order valence-corrected chi connectivity index (χ3v) is 3.45. The van der Waals surface area contributed by atoms with E-state index in [0.717, 1.165) is 19.1 Å². The Hall–Kier alpha value is -0.120. The third-order valence-electron chi connectivity index (χ3n) is 3.45. The summed E-state index contributed by atoms with van der Waals surface area (Å²) in [5.41, 5.74) is 0. The highest BCUT2D eigenvalue weighted by atomic mass is 16.3. The largest absolute Gasteiger partial charge is 0.390 e. The van der Waals surface area contributed by atoms with Gasteiger partial charge in [-0.15, -0.1) is 0 Å². The third kappa shape index (κ3) is 4.81. The van der Waals surface area contributed by atoms with Crippen molar-refractivity contribution in [3.63, 3.8) is 0 Å². The second-order valence-corrected chi connectivity index (χ2v) is 5.24. The molecule has 2 N–H and O–H groups in total. The summed E-state index contributed by atoms with van der Waals surface area (Å²) in [6.45, 7) is 9.01. The zero-order valence-electron chi connectivity index (χ0n) is 11.1. The highest BCUT2D eigenvalue weighted by molar-refractivity contribution is 4.79. The van der Waals surface area contributed by atoms with Crippen molar-refractivity contribution in [1.82, 2.24) is 10.2 Å². The summed E-state index contributed by atoms with van der Waals surface area (Å²) < 4.78 is 0. The Balaban J connectivity index is 2.25. The molecule has 0 spiro atoms. The van der Waals surface area contributed by atoms with E-state index in [4.69, 9.17) is 0 Å². The van der Waals surface area contributed by atoms with Crippen LogP contribution >= 0.6 is 0 Å². The van der Waals surface area contributed by atoms with Gasteiger partial charge in [0.25, 0.3) is 0 Å². The first kappa shape index (κ1) is 13.9. The first-order valence-corrected chi connectivity index (χ1v) is 6.79. The molecule has 0 radical (unpaired) electrons. The van der Waals surface area contributed by atoms with Crippen molar-refractivity contribution in [2.24, 2.45) is 0 Å². The van der Waals surface area contributed by atoms with Crippen LogP contribution in [0.5, 0.6) is 0 Å². The standard InChI is InChI=1S/C13H28N2O/c1-4-15(12-7-5-6-8-12)10-13(16)9-14-11(2)3/h11-14,16H,4-10H2,1-3H3. The van der Waals surface area contributed by atoms with E-state index in [0.29, 0.717) is 12.6 Å². The van der Waals surface area contributed by atoms with Gasteiger partial charge in [-0.1, -0.05) is 33.6 Å². The van der Waals surface area contributed by atoms with Crippen molar-refractivity contribution in [2.45, 2.75) is 64.6 Å². The van der Waals surface area contributed by atoms with Crippen molar-refractivity contribution in [3.8, 4) is 0 Å². The number of aliphatic hydroxyl groups is 1. The van der Waals surface area contributed by atoms with Gasteiger partial charge >= 0.3 is 0 Å². The van der Waals surface area contributed by atoms with Crippen molar-refractivity contribution in [2.75, 3.05) is 19.6 Å². The summed E-state index contributed by atoms with van der Waals surface area (Å²) in [5, 5.41) is 13.2. The molecule has 0 bridgehead atoms. The maximum atomic E-state index is 9.96. The molecule has 0 aromatic rings. The molecule has 1 unspecified atom stereocenters. The van der Waals surface area contributed by atoms with E-state index in [1.54, 1.807) is 0 Å². The Bertz CT molecular complexity index is 179. The Morgan fingerprint density at radius 1 is 1.31 bits per heavy atom. The molecular weight excluding hydrogens is 200 g/mol. The SMILES string of the molecule is CCN(CC(O)CNC(C)C)C1CCCC1. The van der Waals surface area contributed by atoms with Gasteiger partial charge in [0.15, 0.2) is 0 Å². The first-order valence-electron chi connectivity index (χ1n) is 6.79. The lowest BCUT2D eigenvalue weighted by molar-refractivity contribution is 0.0893. The Morgan fingerprint density at radius 2 is 1.94 bits per heavy atom. The first-order chi connectivity index (χ1) is 7.63. The molecule has 0 aromatic heterocycles. The summed E-state index contributed by atoms with van der Waals surface area (Å²) in [5.74, 6) is 0. The molecule has 0 amide bonds. The number of rotatable bonds is 7. The van der Waals surface area contributed by atoms with Gasteiger partial charge in [-0.25, -0.2) is 0 Å². The fraction of sp³-hybridized carbons (Fsp3) is 1.00. The van der Waals surface area contributed by atoms with Gasteiger partial charge in [0, 0.05) is 25.2 Å². The van der Waals surface area contributed by atoms with E-state index < -0.39 is 0 Å². The van der Waals surface area contributed by atoms with Crippen LogP contribution in [-0.2, 0) is 0 Å². The fourth-order valence-corrected chi connectivity index (χ4v) is 2.51. The molecule has 3 nitrogen and oxygen atoms in total. The zero-order chi connectivity index (χ0) is 12.0. The van der Waals surface area contributed by atoms with Gasteiger partial charge in [0.1, 0.15) is 0 Å². The van der Waals surface area contributed by atoms with Crippen molar-refractivity contribution in [3.05, 3.63) is 0 Å². The molecule has 1 aliphatic rings. The van der Waals surface area contributed by atoms with Crippen LogP contribution < -0.4 is 5.32 Å². The van der Waals surface area contributed by atoms with Gasteiger partial charge in [-0.2, -0.15) is 0 Å². The number of hydrogen-bond donors (Lipinski definition) is 2. The minimum atomic E-state index is -0.233. The van der Waals surface area contributed by atoms with Gasteiger partial charge in [0.05, 0.1) is 6.10 Å². The number of nitrogens with zero attached hydrogens (tertiary/aromatic N) is 1. The van der Waals surface area contributed by atoms with Crippen molar-refractivity contribution < 1.29 is 5.11 Å². The smallest absolute Gasteiger partial charge is 0.0791 e. The van der Waals surface area contributed by atoms with E-state index in [1.165, 1.54) is 25.7 Å². The second kappa shape index (κ2) is 7.25. The summed E-state index contributed by atoms with van der Waals surface area (Å²) in [4.78, 5) is 2.44. The fourth-order valence-electron chi connectivity index (χ4n) is 2.51. The lowest BCUT2D eigenvalue weighted by atomic mass is 10.2. The van der Waals surface area contributed by atoms with Gasteiger partial charge in [0.2, 0.25) is 0 Å². The summed E-state index contributed by atoms with van der Waals surface area (Å²) >= 11 is 0. The predicted octanol–water partition coefficient (Wildman–Crippen LogP) is 1.61. The molecule has 0 saturated heterocycles. The lowest BCUT2D eigenvalue weighted by Gasteiger charge is -2.29. The lowest BCUT2D eigenvalue weighted by Crippen LogP contribution is -2.43. The van der Waals surface area contributed by atoms with E-state index in [-0.39, 0.29) is 6.10 Å². The monoisotopic (exact) mass is 228 g/mol. The minimum absolute atomic E-state index is 0.233. The molecule has 16 heavy (non-hydrogen) atoms. The highest BCUT2D eigenvalue weighted by Gasteiger charge is 2.22. The van der Waals surface area contributed by atoms with Crippen LogP contribution in [0.15, 0.2) is 0 Å². The molecule has 1 aliphatic carbocycles. The molecule has 0 heterocycles. The number of hydrogen-bond acceptors (Lipinski definition) is 3. The van der Waals surface area contributed by atoms with Crippen LogP contribution in [0.3, 0.4) is 0 Å². The molecule has 96 valence electrons. The number of aliphatic hydroxyl groups excluding tert-OH is 1. The summed E-state index contributed by atoms with van der Waals surface area (Å²) in [6, 6.07) is 1.18. The molecule has 0 aliphatic heterocycles. The topological polar surface area (TPSA) is 35.5 Å². The Morgan fingerprint density at radius 3 is 2.44 bits per heavy atom. The summed E-state index contributed by atoms with van der Waals surface area (Å²) in [7, 11) is 0. The molecule has 0 aromatic carbocycles. The zero-order valence-corrected chi connectivity index (χ0v) is 11.1. The second-order valence-electron chi connectivity index (χ2n) is 5.24. The summed E-state index contributed by atoms with van der Waals surface area (Å²) in [6.07, 6.45) is 5.13. The van der Waals surface area contributed by atoms with Gasteiger partial charge < -0.3 is 10.4 Å². The minimum Gasteiger partial charge on any atom is -0.390 e. The average molecular weight is 228 g/mol. The quantitative estimate of drug-likeness (QED) is 0.695. The maximum absolute atomic E-state index is 9.96. The maximum Gasteiger partial charge on any atom is 0.0791 e. The van der Waals surface area contributed by atoms with E-state index in [9.17, 15) is 5.11 Å². The van der Waals surface area contributed by atoms with Crippen LogP contribution in [-0.4, -0.2) is 47.8 Å². The molecule has 1 fully saturated rings. The number of nitrogens with one attached hydrogen (secondary N) is 1. The number of likely N-dealkylation sites (N-methyl/N-ethyl adjacent to an activating group) is 1. The van der Waals surface area contributed by atoms with E-state index >= 15 is 0 Å². The van der Waals surface area contributed by atoms with Gasteiger partial charge in [-0.05, 0) is 19.4 Å². The normalized spacial score (nSPS) is 19.9. The van der Waals surface area contributed by atoms with E-state index in [1.807, 2.05) is 0 Å². The van der Waals surface area contributed by atoms with Crippen molar-refractivity contribution >= 4 is 0 Å². The van der Waals surface area contributed by atoms with Crippen LogP contribution in [0.2, 0.25) is 0 Å². The molecule has 1 saturated carbocycles. The van der Waals surface area contributed by atoms with Crippen LogP contribution in [0, 0.1) is 0 Å². The van der Waals surface area contributed by atoms with Gasteiger partial charge in [-0.3, -0.25) is 4.90 Å². The van der Waals surface area contributed by atoms with Crippen LogP contribution in [0.4, 0.5) is 0 Å². The van der Waals surface area contributed by atoms with E-state index in [2.05, 4.69) is 31.0 Å². The average Bonchev–Trinajstić information content (AvgIpc) is 2.76. The predicted molar refractivity (Wildman–Crippen MR) is 68.6 cm³/mol. The van der Waals surface area contributed by atoms with Crippen LogP contribution in [0.1, 0.15) is 46.5 Å². The molecular formula is C13H28N2O. The highest BCUT2D eigenvalue weighted by Crippen LogP contribution is 2.23. The molecule has 1 rings (SSSR count). The Labute approximate surface area is 100 Å². The molecule has 1 atom stereocenters. The van der Waals surface area contributed by atoms with Crippen LogP contribution in [0.25, 0.3) is 0 Å².